The zero-order valence-electron chi connectivity index (χ0n) is 12.8. The van der Waals surface area contributed by atoms with E-state index in [0.717, 1.165) is 24.1 Å². The van der Waals surface area contributed by atoms with E-state index in [0.29, 0.717) is 12.5 Å². The molecule has 0 spiro atoms. The van der Waals surface area contributed by atoms with Gasteiger partial charge in [-0.2, -0.15) is 0 Å². The molecular weight excluding hydrogens is 260 g/mol. The summed E-state index contributed by atoms with van der Waals surface area (Å²) in [4.78, 5) is 4.07. The van der Waals surface area contributed by atoms with Crippen molar-refractivity contribution in [1.29, 1.82) is 0 Å². The molecule has 2 aromatic rings. The van der Waals surface area contributed by atoms with Crippen LogP contribution in [0.5, 0.6) is 0 Å². The van der Waals surface area contributed by atoms with Gasteiger partial charge in [0.2, 0.25) is 0 Å². The van der Waals surface area contributed by atoms with E-state index in [2.05, 4.69) is 36.3 Å². The van der Waals surface area contributed by atoms with Crippen molar-refractivity contribution in [3.8, 4) is 0 Å². The molecule has 1 aromatic carbocycles. The number of rotatable bonds is 7. The van der Waals surface area contributed by atoms with Crippen molar-refractivity contribution in [2.24, 2.45) is 5.92 Å². The van der Waals surface area contributed by atoms with Gasteiger partial charge < -0.3 is 10.4 Å². The van der Waals surface area contributed by atoms with Crippen LogP contribution in [0.25, 0.3) is 0 Å². The second kappa shape index (κ2) is 7.91. The molecule has 2 N–H and O–H groups in total. The van der Waals surface area contributed by atoms with Crippen LogP contribution >= 0.6 is 0 Å². The van der Waals surface area contributed by atoms with E-state index in [1.54, 1.807) is 6.20 Å². The minimum absolute atomic E-state index is 0.477. The summed E-state index contributed by atoms with van der Waals surface area (Å²) in [5, 5.41) is 13.4. The van der Waals surface area contributed by atoms with Crippen LogP contribution in [0.15, 0.2) is 48.8 Å². The molecule has 1 atom stereocenters. The van der Waals surface area contributed by atoms with Gasteiger partial charge in [-0.15, -0.1) is 0 Å². The minimum Gasteiger partial charge on any atom is -0.387 e. The Morgan fingerprint density at radius 1 is 1.10 bits per heavy atom. The van der Waals surface area contributed by atoms with E-state index < -0.39 is 6.10 Å². The lowest BCUT2D eigenvalue weighted by atomic mass is 10.0. The van der Waals surface area contributed by atoms with Gasteiger partial charge in [-0.3, -0.25) is 4.98 Å². The molecule has 0 bridgehead atoms. The number of nitrogens with zero attached hydrogens (tertiary/aromatic N) is 1. The molecule has 0 saturated carbocycles. The van der Waals surface area contributed by atoms with Crippen LogP contribution in [0, 0.1) is 5.92 Å². The first-order chi connectivity index (χ1) is 10.1. The zero-order chi connectivity index (χ0) is 15.1. The Bertz CT molecular complexity index is 523. The number of pyridine rings is 1. The van der Waals surface area contributed by atoms with Crippen molar-refractivity contribution < 1.29 is 5.11 Å². The molecule has 1 unspecified atom stereocenters. The first kappa shape index (κ1) is 15.7. The van der Waals surface area contributed by atoms with Gasteiger partial charge in [0.25, 0.3) is 0 Å². The fourth-order valence-electron chi connectivity index (χ4n) is 2.32. The number of aliphatic hydroxyl groups is 1. The molecule has 0 saturated heterocycles. The SMILES string of the molecule is CC(C)Cc1ccc(C(O)CNCc2cccnc2)cc1. The molecule has 3 heteroatoms. The van der Waals surface area contributed by atoms with Gasteiger partial charge in [0, 0.05) is 25.5 Å². The molecule has 3 nitrogen and oxygen atoms in total. The van der Waals surface area contributed by atoms with Crippen molar-refractivity contribution in [2.75, 3.05) is 6.54 Å². The van der Waals surface area contributed by atoms with Crippen LogP contribution in [0.1, 0.15) is 36.6 Å². The summed E-state index contributed by atoms with van der Waals surface area (Å²) in [6.45, 7) is 5.69. The zero-order valence-corrected chi connectivity index (χ0v) is 12.8. The monoisotopic (exact) mass is 284 g/mol. The second-order valence-electron chi connectivity index (χ2n) is 5.85. The lowest BCUT2D eigenvalue weighted by molar-refractivity contribution is 0.174. The van der Waals surface area contributed by atoms with Crippen LogP contribution in [0.3, 0.4) is 0 Å². The van der Waals surface area contributed by atoms with Crippen molar-refractivity contribution in [1.82, 2.24) is 10.3 Å². The predicted molar refractivity (Wildman–Crippen MR) is 85.9 cm³/mol. The Morgan fingerprint density at radius 2 is 1.86 bits per heavy atom. The molecule has 0 aliphatic heterocycles. The summed E-state index contributed by atoms with van der Waals surface area (Å²) in [6.07, 6.45) is 4.20. The molecule has 0 amide bonds. The quantitative estimate of drug-likeness (QED) is 0.821. The summed E-state index contributed by atoms with van der Waals surface area (Å²) in [6, 6.07) is 12.2. The number of benzene rings is 1. The molecular formula is C18H24N2O. The first-order valence-electron chi connectivity index (χ1n) is 7.51. The average molecular weight is 284 g/mol. The van der Waals surface area contributed by atoms with Crippen molar-refractivity contribution in [3.05, 3.63) is 65.5 Å². The van der Waals surface area contributed by atoms with Crippen molar-refractivity contribution >= 4 is 0 Å². The molecule has 112 valence electrons. The van der Waals surface area contributed by atoms with Crippen LogP contribution < -0.4 is 5.32 Å². The highest BCUT2D eigenvalue weighted by Gasteiger charge is 2.07. The van der Waals surface area contributed by atoms with E-state index in [4.69, 9.17) is 0 Å². The van der Waals surface area contributed by atoms with E-state index >= 15 is 0 Å². The van der Waals surface area contributed by atoms with Crippen LogP contribution in [0.2, 0.25) is 0 Å². The Kier molecular flexibility index (Phi) is 5.90. The molecule has 1 aromatic heterocycles. The molecule has 0 aliphatic carbocycles. The summed E-state index contributed by atoms with van der Waals surface area (Å²) >= 11 is 0. The van der Waals surface area contributed by atoms with Crippen LogP contribution in [-0.2, 0) is 13.0 Å². The van der Waals surface area contributed by atoms with Crippen molar-refractivity contribution in [3.63, 3.8) is 0 Å². The van der Waals surface area contributed by atoms with Gasteiger partial charge in [0.15, 0.2) is 0 Å². The average Bonchev–Trinajstić information content (AvgIpc) is 2.48. The molecule has 1 heterocycles. The number of hydrogen-bond acceptors (Lipinski definition) is 3. The highest BCUT2D eigenvalue weighted by molar-refractivity contribution is 5.24. The maximum atomic E-state index is 10.2. The Morgan fingerprint density at radius 3 is 2.48 bits per heavy atom. The third-order valence-corrected chi connectivity index (χ3v) is 3.40. The highest BCUT2D eigenvalue weighted by Crippen LogP contribution is 2.15. The van der Waals surface area contributed by atoms with Gasteiger partial charge in [0.05, 0.1) is 6.10 Å². The Labute approximate surface area is 127 Å². The predicted octanol–water partition coefficient (Wildman–Crippen LogP) is 3.10. The number of nitrogens with one attached hydrogen (secondary N) is 1. The number of aliphatic hydroxyl groups excluding tert-OH is 1. The molecule has 2 rings (SSSR count). The smallest absolute Gasteiger partial charge is 0.0914 e. The first-order valence-corrected chi connectivity index (χ1v) is 7.51. The lowest BCUT2D eigenvalue weighted by Gasteiger charge is -2.13. The fourth-order valence-corrected chi connectivity index (χ4v) is 2.32. The summed E-state index contributed by atoms with van der Waals surface area (Å²) < 4.78 is 0. The third kappa shape index (κ3) is 5.29. The van der Waals surface area contributed by atoms with Gasteiger partial charge in [0.1, 0.15) is 0 Å². The topological polar surface area (TPSA) is 45.1 Å². The molecule has 0 aliphatic rings. The van der Waals surface area contributed by atoms with Crippen molar-refractivity contribution in [2.45, 2.75) is 32.9 Å². The largest absolute Gasteiger partial charge is 0.387 e. The summed E-state index contributed by atoms with van der Waals surface area (Å²) in [5.41, 5.74) is 3.41. The Balaban J connectivity index is 1.81. The molecule has 21 heavy (non-hydrogen) atoms. The van der Waals surface area contributed by atoms with Crippen LogP contribution in [-0.4, -0.2) is 16.6 Å². The summed E-state index contributed by atoms with van der Waals surface area (Å²) in [7, 11) is 0. The van der Waals surface area contributed by atoms with Gasteiger partial charge >= 0.3 is 0 Å². The maximum Gasteiger partial charge on any atom is 0.0914 e. The highest BCUT2D eigenvalue weighted by atomic mass is 16.3. The molecule has 0 fully saturated rings. The van der Waals surface area contributed by atoms with Gasteiger partial charge in [-0.05, 0) is 35.1 Å². The number of aromatic nitrogens is 1. The van der Waals surface area contributed by atoms with Gasteiger partial charge in [-0.1, -0.05) is 44.2 Å². The normalized spacial score (nSPS) is 12.6. The van der Waals surface area contributed by atoms with E-state index in [1.165, 1.54) is 5.56 Å². The second-order valence-corrected chi connectivity index (χ2v) is 5.85. The van der Waals surface area contributed by atoms with E-state index in [9.17, 15) is 5.11 Å². The number of hydrogen-bond donors (Lipinski definition) is 2. The maximum absolute atomic E-state index is 10.2. The third-order valence-electron chi connectivity index (χ3n) is 3.40. The molecule has 0 radical (unpaired) electrons. The lowest BCUT2D eigenvalue weighted by Crippen LogP contribution is -2.21. The summed E-state index contributed by atoms with van der Waals surface area (Å²) in [5.74, 6) is 0.655. The van der Waals surface area contributed by atoms with E-state index in [-0.39, 0.29) is 0 Å². The minimum atomic E-state index is -0.477. The van der Waals surface area contributed by atoms with Gasteiger partial charge in [-0.25, -0.2) is 0 Å². The fraction of sp³-hybridized carbons (Fsp3) is 0.389. The standard InChI is InChI=1S/C18H24N2O/c1-14(2)10-15-5-7-17(8-6-15)18(21)13-20-12-16-4-3-9-19-11-16/h3-9,11,14,18,20-21H,10,12-13H2,1-2H3. The van der Waals surface area contributed by atoms with E-state index in [1.807, 2.05) is 30.5 Å². The Hall–Kier alpha value is -1.71. The van der Waals surface area contributed by atoms with Crippen LogP contribution in [0.4, 0.5) is 0 Å².